The standard InChI is InChI=1S/C23H25ClN2O5S/c1-23(2,3)14-9-11-15(12-10-14)32(29,30)13-18-19(21(27)31-4)20(26-22(28)25-18)16-7-5-6-8-17(16)24/h5-12,20H,13H2,1-4H3,(H2,25,26,28). The van der Waals surface area contributed by atoms with Crippen LogP contribution in [0.5, 0.6) is 0 Å². The van der Waals surface area contributed by atoms with E-state index in [9.17, 15) is 18.0 Å². The predicted molar refractivity (Wildman–Crippen MR) is 122 cm³/mol. The van der Waals surface area contributed by atoms with Crippen molar-refractivity contribution in [1.29, 1.82) is 0 Å². The molecule has 0 aromatic heterocycles. The highest BCUT2D eigenvalue weighted by Gasteiger charge is 2.36. The summed E-state index contributed by atoms with van der Waals surface area (Å²) in [6.07, 6.45) is 0. The van der Waals surface area contributed by atoms with Gasteiger partial charge in [0.1, 0.15) is 0 Å². The monoisotopic (exact) mass is 476 g/mol. The second kappa shape index (κ2) is 8.96. The number of urea groups is 1. The number of halogens is 1. The highest BCUT2D eigenvalue weighted by molar-refractivity contribution is 7.91. The zero-order valence-corrected chi connectivity index (χ0v) is 19.8. The van der Waals surface area contributed by atoms with Gasteiger partial charge in [-0.15, -0.1) is 0 Å². The number of sulfone groups is 1. The van der Waals surface area contributed by atoms with Gasteiger partial charge >= 0.3 is 12.0 Å². The summed E-state index contributed by atoms with van der Waals surface area (Å²) in [5.74, 6) is -1.35. The molecule has 32 heavy (non-hydrogen) atoms. The molecule has 2 amide bonds. The number of hydrogen-bond donors (Lipinski definition) is 2. The third-order valence-electron chi connectivity index (χ3n) is 5.19. The Labute approximate surface area is 192 Å². The van der Waals surface area contributed by atoms with Gasteiger partial charge in [-0.05, 0) is 34.7 Å². The molecule has 1 heterocycles. The van der Waals surface area contributed by atoms with Crippen molar-refractivity contribution in [3.8, 4) is 0 Å². The summed E-state index contributed by atoms with van der Waals surface area (Å²) in [5, 5.41) is 5.42. The molecule has 1 aliphatic heterocycles. The minimum atomic E-state index is -3.88. The summed E-state index contributed by atoms with van der Waals surface area (Å²) in [7, 11) is -2.69. The van der Waals surface area contributed by atoms with Crippen molar-refractivity contribution in [2.75, 3.05) is 12.9 Å². The second-order valence-corrected chi connectivity index (χ2v) is 10.9. The Morgan fingerprint density at radius 2 is 1.72 bits per heavy atom. The largest absolute Gasteiger partial charge is 0.466 e. The Bertz CT molecular complexity index is 1180. The van der Waals surface area contributed by atoms with Crippen LogP contribution in [0.3, 0.4) is 0 Å². The number of esters is 1. The van der Waals surface area contributed by atoms with Crippen LogP contribution < -0.4 is 10.6 Å². The average molecular weight is 477 g/mol. The first-order chi connectivity index (χ1) is 14.9. The number of benzene rings is 2. The number of carbonyl (C=O) groups excluding carboxylic acids is 2. The molecule has 7 nitrogen and oxygen atoms in total. The van der Waals surface area contributed by atoms with Gasteiger partial charge in [-0.2, -0.15) is 0 Å². The molecule has 2 aromatic carbocycles. The number of ether oxygens (including phenoxy) is 1. The van der Waals surface area contributed by atoms with Crippen LogP contribution in [-0.4, -0.2) is 33.3 Å². The number of nitrogens with one attached hydrogen (secondary N) is 2. The molecular weight excluding hydrogens is 452 g/mol. The zero-order valence-electron chi connectivity index (χ0n) is 18.2. The normalized spacial score (nSPS) is 16.9. The van der Waals surface area contributed by atoms with Crippen LogP contribution in [0.15, 0.2) is 64.7 Å². The zero-order chi connectivity index (χ0) is 23.7. The van der Waals surface area contributed by atoms with E-state index in [4.69, 9.17) is 16.3 Å². The van der Waals surface area contributed by atoms with Gasteiger partial charge in [-0.1, -0.05) is 62.7 Å². The third kappa shape index (κ3) is 4.97. The van der Waals surface area contributed by atoms with Gasteiger partial charge in [-0.3, -0.25) is 0 Å². The topological polar surface area (TPSA) is 102 Å². The molecule has 9 heteroatoms. The van der Waals surface area contributed by atoms with E-state index in [0.29, 0.717) is 10.6 Å². The molecule has 1 aliphatic rings. The van der Waals surface area contributed by atoms with E-state index in [0.717, 1.165) is 5.56 Å². The number of amides is 2. The van der Waals surface area contributed by atoms with Crippen LogP contribution in [0.4, 0.5) is 4.79 Å². The van der Waals surface area contributed by atoms with Gasteiger partial charge in [0.15, 0.2) is 9.84 Å². The van der Waals surface area contributed by atoms with Gasteiger partial charge in [0, 0.05) is 10.7 Å². The van der Waals surface area contributed by atoms with E-state index in [2.05, 4.69) is 10.6 Å². The minimum Gasteiger partial charge on any atom is -0.466 e. The quantitative estimate of drug-likeness (QED) is 0.637. The summed E-state index contributed by atoms with van der Waals surface area (Å²) in [5.41, 5.74) is 1.24. The fourth-order valence-corrected chi connectivity index (χ4v) is 5.03. The predicted octanol–water partition coefficient (Wildman–Crippen LogP) is 3.89. The summed E-state index contributed by atoms with van der Waals surface area (Å²) in [6.45, 7) is 6.09. The summed E-state index contributed by atoms with van der Waals surface area (Å²) in [6, 6.07) is 11.7. The molecule has 0 aliphatic carbocycles. The van der Waals surface area contributed by atoms with E-state index < -0.39 is 33.6 Å². The molecule has 0 fully saturated rings. The maximum absolute atomic E-state index is 13.2. The molecule has 170 valence electrons. The summed E-state index contributed by atoms with van der Waals surface area (Å²) in [4.78, 5) is 25.1. The number of hydrogen-bond acceptors (Lipinski definition) is 5. The molecule has 0 spiro atoms. The molecule has 1 unspecified atom stereocenters. The Balaban J connectivity index is 2.06. The second-order valence-electron chi connectivity index (χ2n) is 8.47. The molecule has 1 atom stereocenters. The highest BCUT2D eigenvalue weighted by Crippen LogP contribution is 2.33. The molecule has 2 aromatic rings. The lowest BCUT2D eigenvalue weighted by Gasteiger charge is -2.29. The van der Waals surface area contributed by atoms with Gasteiger partial charge < -0.3 is 15.4 Å². The van der Waals surface area contributed by atoms with E-state index in [1.54, 1.807) is 36.4 Å². The fourth-order valence-electron chi connectivity index (χ4n) is 3.46. The Hall–Kier alpha value is -2.84. The Morgan fingerprint density at radius 1 is 1.09 bits per heavy atom. The van der Waals surface area contributed by atoms with E-state index >= 15 is 0 Å². The van der Waals surface area contributed by atoms with Crippen LogP contribution >= 0.6 is 11.6 Å². The lowest BCUT2D eigenvalue weighted by Crippen LogP contribution is -2.47. The van der Waals surface area contributed by atoms with Gasteiger partial charge in [0.25, 0.3) is 0 Å². The Kier molecular flexibility index (Phi) is 6.67. The maximum Gasteiger partial charge on any atom is 0.338 e. The number of rotatable bonds is 5. The van der Waals surface area contributed by atoms with Gasteiger partial charge in [0.05, 0.1) is 29.4 Å². The first-order valence-corrected chi connectivity index (χ1v) is 11.9. The molecule has 2 N–H and O–H groups in total. The third-order valence-corrected chi connectivity index (χ3v) is 7.19. The summed E-state index contributed by atoms with van der Waals surface area (Å²) >= 11 is 6.28. The van der Waals surface area contributed by atoms with Crippen LogP contribution in [0.2, 0.25) is 5.02 Å². The van der Waals surface area contributed by atoms with Crippen LogP contribution in [0, 0.1) is 0 Å². The number of carbonyl (C=O) groups is 2. The molecule has 0 saturated carbocycles. The van der Waals surface area contributed by atoms with Crippen molar-refractivity contribution in [2.45, 2.75) is 37.1 Å². The fraction of sp³-hybridized carbons (Fsp3) is 0.304. The maximum atomic E-state index is 13.2. The van der Waals surface area contributed by atoms with Crippen molar-refractivity contribution in [1.82, 2.24) is 10.6 Å². The highest BCUT2D eigenvalue weighted by atomic mass is 35.5. The van der Waals surface area contributed by atoms with E-state index in [1.807, 2.05) is 20.8 Å². The summed E-state index contributed by atoms with van der Waals surface area (Å²) < 4.78 is 31.2. The molecule has 0 saturated heterocycles. The average Bonchev–Trinajstić information content (AvgIpc) is 2.72. The molecule has 3 rings (SSSR count). The number of methoxy groups -OCH3 is 1. The first kappa shape index (κ1) is 23.8. The van der Waals surface area contributed by atoms with Crippen LogP contribution in [0.1, 0.15) is 37.9 Å². The molecule has 0 radical (unpaired) electrons. The van der Waals surface area contributed by atoms with Crippen molar-refractivity contribution in [3.05, 3.63) is 76.0 Å². The SMILES string of the molecule is COC(=O)C1=C(CS(=O)(=O)c2ccc(C(C)(C)C)cc2)NC(=O)NC1c1ccccc1Cl. The lowest BCUT2D eigenvalue weighted by molar-refractivity contribution is -0.136. The van der Waals surface area contributed by atoms with Crippen LogP contribution in [-0.2, 0) is 24.8 Å². The van der Waals surface area contributed by atoms with Crippen molar-refractivity contribution >= 4 is 33.4 Å². The Morgan fingerprint density at radius 3 is 2.28 bits per heavy atom. The molecular formula is C23H25ClN2O5S. The smallest absolute Gasteiger partial charge is 0.338 e. The van der Waals surface area contributed by atoms with Crippen molar-refractivity contribution < 1.29 is 22.7 Å². The van der Waals surface area contributed by atoms with E-state index in [-0.39, 0.29) is 21.6 Å². The minimum absolute atomic E-state index is 0.0184. The first-order valence-electron chi connectivity index (χ1n) is 9.90. The van der Waals surface area contributed by atoms with E-state index in [1.165, 1.54) is 19.2 Å². The van der Waals surface area contributed by atoms with Crippen molar-refractivity contribution in [3.63, 3.8) is 0 Å². The lowest BCUT2D eigenvalue weighted by atomic mass is 9.87. The molecule has 0 bridgehead atoms. The van der Waals surface area contributed by atoms with Crippen LogP contribution in [0.25, 0.3) is 0 Å². The van der Waals surface area contributed by atoms with Gasteiger partial charge in [0.2, 0.25) is 0 Å². The van der Waals surface area contributed by atoms with Gasteiger partial charge in [-0.25, -0.2) is 18.0 Å². The van der Waals surface area contributed by atoms with Crippen molar-refractivity contribution in [2.24, 2.45) is 0 Å².